The summed E-state index contributed by atoms with van der Waals surface area (Å²) >= 11 is 0. The van der Waals surface area contributed by atoms with E-state index in [1.807, 2.05) is 37.3 Å². The summed E-state index contributed by atoms with van der Waals surface area (Å²) in [6.45, 7) is 4.15. The Bertz CT molecular complexity index is 2130. The highest BCUT2D eigenvalue weighted by Gasteiger charge is 2.46. The van der Waals surface area contributed by atoms with E-state index in [9.17, 15) is 53.7 Å². The first kappa shape index (κ1) is 69.2. The molecule has 1 aromatic rings. The second-order valence-corrected chi connectivity index (χ2v) is 22.4. The molecule has 1 aliphatic rings. The number of nitrogens with two attached hydrogens (primary N) is 1. The molecule has 0 amide bonds. The van der Waals surface area contributed by atoms with Crippen molar-refractivity contribution in [2.75, 3.05) is 25.6 Å². The SMILES string of the molecule is CC/C=C\C[C@H](O)/C=C/C=C\C/C=C\C=C\[C@H](O)/C=C\CCCC(=O)O[C@H](COC(=O)CCCCCCCCCCCCCCCCC(C)CC)COP(=O)(O)OP(=O)(O)OC[C@H]1O[C@@H](n2ccc(N)nc2=O)[C@H](O)[C@@H]1O. The van der Waals surface area contributed by atoms with Gasteiger partial charge in [-0.3, -0.25) is 23.2 Å². The van der Waals surface area contributed by atoms with Crippen molar-refractivity contribution in [2.45, 2.75) is 211 Å². The van der Waals surface area contributed by atoms with Gasteiger partial charge in [-0.25, -0.2) is 13.9 Å². The second kappa shape index (κ2) is 41.2. The molecule has 1 aromatic heterocycles. The van der Waals surface area contributed by atoms with Crippen molar-refractivity contribution in [3.05, 3.63) is 95.7 Å². The molecule has 0 saturated carbocycles. The number of ether oxygens (including phenoxy) is 3. The Morgan fingerprint density at radius 3 is 1.97 bits per heavy atom. The third-order valence-electron chi connectivity index (χ3n) is 12.5. The molecular formula is C55H91N3O17P2. The van der Waals surface area contributed by atoms with Gasteiger partial charge in [-0.05, 0) is 50.5 Å². The van der Waals surface area contributed by atoms with Crippen molar-refractivity contribution in [2.24, 2.45) is 5.92 Å². The van der Waals surface area contributed by atoms with Crippen LogP contribution in [0.5, 0.6) is 0 Å². The Hall–Kier alpha value is -3.88. The van der Waals surface area contributed by atoms with Crippen LogP contribution in [0.3, 0.4) is 0 Å². The predicted molar refractivity (Wildman–Crippen MR) is 296 cm³/mol. The molecule has 0 bridgehead atoms. The zero-order valence-electron chi connectivity index (χ0n) is 45.6. The fourth-order valence-corrected chi connectivity index (χ4v) is 9.96. The van der Waals surface area contributed by atoms with Crippen LogP contribution in [0, 0.1) is 5.92 Å². The molecule has 1 saturated heterocycles. The summed E-state index contributed by atoms with van der Waals surface area (Å²) in [6, 6.07) is 1.23. The van der Waals surface area contributed by atoms with Crippen molar-refractivity contribution in [3.63, 3.8) is 0 Å². The monoisotopic (exact) mass is 1130 g/mol. The van der Waals surface area contributed by atoms with E-state index in [0.29, 0.717) is 25.7 Å². The number of phosphoric ester groups is 2. The number of aliphatic hydroxyl groups is 4. The molecule has 0 aliphatic carbocycles. The molecule has 0 aromatic carbocycles. The normalized spacial score (nSPS) is 20.4. The Morgan fingerprint density at radius 1 is 0.753 bits per heavy atom. The fourth-order valence-electron chi connectivity index (χ4n) is 7.85. The zero-order valence-corrected chi connectivity index (χ0v) is 47.4. The summed E-state index contributed by atoms with van der Waals surface area (Å²) in [7, 11) is -11.0. The molecule has 20 nitrogen and oxygen atoms in total. The second-order valence-electron chi connectivity index (χ2n) is 19.4. The van der Waals surface area contributed by atoms with E-state index in [1.165, 1.54) is 76.7 Å². The van der Waals surface area contributed by atoms with Gasteiger partial charge in [0.25, 0.3) is 0 Å². The third kappa shape index (κ3) is 34.0. The number of carbonyl (C=O) groups is 2. The minimum atomic E-state index is -5.48. The quantitative estimate of drug-likeness (QED) is 0.0105. The third-order valence-corrected chi connectivity index (χ3v) is 15.1. The number of rotatable bonds is 44. The maximum Gasteiger partial charge on any atom is 0.481 e. The lowest BCUT2D eigenvalue weighted by atomic mass is 9.99. The molecule has 0 spiro atoms. The van der Waals surface area contributed by atoms with Crippen LogP contribution in [0.15, 0.2) is 90.0 Å². The number of phosphoric acid groups is 2. The van der Waals surface area contributed by atoms with E-state index in [0.717, 1.165) is 48.8 Å². The molecule has 2 heterocycles. The van der Waals surface area contributed by atoms with Gasteiger partial charge < -0.3 is 50.2 Å². The highest BCUT2D eigenvalue weighted by molar-refractivity contribution is 7.61. The van der Waals surface area contributed by atoms with Crippen LogP contribution < -0.4 is 11.4 Å². The predicted octanol–water partition coefficient (Wildman–Crippen LogP) is 9.86. The smallest absolute Gasteiger partial charge is 0.462 e. The lowest BCUT2D eigenvalue weighted by Gasteiger charge is -2.21. The van der Waals surface area contributed by atoms with Crippen LogP contribution in [0.1, 0.15) is 175 Å². The number of aliphatic hydroxyl groups excluding tert-OH is 4. The highest BCUT2D eigenvalue weighted by Crippen LogP contribution is 2.60. The summed E-state index contributed by atoms with van der Waals surface area (Å²) < 4.78 is 56.7. The van der Waals surface area contributed by atoms with E-state index in [-0.39, 0.29) is 25.1 Å². The number of hydrogen-bond donors (Lipinski definition) is 7. The fraction of sp³-hybridized carbons (Fsp3) is 0.673. The molecule has 2 rings (SSSR count). The van der Waals surface area contributed by atoms with Gasteiger partial charge in [0.2, 0.25) is 0 Å². The van der Waals surface area contributed by atoms with E-state index < -0.39 is 95.9 Å². The van der Waals surface area contributed by atoms with Gasteiger partial charge in [0.1, 0.15) is 30.7 Å². The van der Waals surface area contributed by atoms with Gasteiger partial charge in [-0.15, -0.1) is 0 Å². The highest BCUT2D eigenvalue weighted by atomic mass is 31.3. The molecule has 77 heavy (non-hydrogen) atoms. The molecule has 438 valence electrons. The molecule has 1 fully saturated rings. The van der Waals surface area contributed by atoms with Crippen LogP contribution in [0.4, 0.5) is 5.82 Å². The van der Waals surface area contributed by atoms with Crippen molar-refractivity contribution in [3.8, 4) is 0 Å². The van der Waals surface area contributed by atoms with Gasteiger partial charge in [-0.1, -0.05) is 190 Å². The number of nitrogens with zero attached hydrogens (tertiary/aromatic N) is 2. The topological polar surface area (TPSA) is 306 Å². The van der Waals surface area contributed by atoms with Crippen molar-refractivity contribution >= 4 is 33.4 Å². The maximum absolute atomic E-state index is 12.9. The molecular weight excluding hydrogens is 1040 g/mol. The van der Waals surface area contributed by atoms with Gasteiger partial charge in [-0.2, -0.15) is 9.29 Å². The molecule has 22 heteroatoms. The van der Waals surface area contributed by atoms with E-state index in [1.54, 1.807) is 42.5 Å². The first-order valence-corrected chi connectivity index (χ1v) is 30.6. The van der Waals surface area contributed by atoms with Crippen LogP contribution in [0.25, 0.3) is 0 Å². The lowest BCUT2D eigenvalue weighted by molar-refractivity contribution is -0.161. The Kier molecular flexibility index (Phi) is 37.0. The van der Waals surface area contributed by atoms with Crippen LogP contribution in [-0.4, -0.2) is 108 Å². The minimum absolute atomic E-state index is 0.0830. The first-order valence-electron chi connectivity index (χ1n) is 27.6. The number of carbonyl (C=O) groups excluding carboxylic acids is 2. The number of hydrogen-bond acceptors (Lipinski definition) is 17. The number of aromatic nitrogens is 2. The number of esters is 2. The van der Waals surface area contributed by atoms with Crippen molar-refractivity contribution in [1.82, 2.24) is 9.55 Å². The average molecular weight is 1130 g/mol. The largest absolute Gasteiger partial charge is 0.481 e. The minimum Gasteiger partial charge on any atom is -0.462 e. The van der Waals surface area contributed by atoms with E-state index in [2.05, 4.69) is 23.1 Å². The van der Waals surface area contributed by atoms with Crippen LogP contribution in [-0.2, 0) is 46.3 Å². The van der Waals surface area contributed by atoms with Gasteiger partial charge >= 0.3 is 33.3 Å². The Labute approximate surface area is 456 Å². The van der Waals surface area contributed by atoms with Gasteiger partial charge in [0, 0.05) is 19.0 Å². The summed E-state index contributed by atoms with van der Waals surface area (Å²) in [4.78, 5) is 62.1. The van der Waals surface area contributed by atoms with Crippen molar-refractivity contribution < 1.29 is 76.5 Å². The average Bonchev–Trinajstić information content (AvgIpc) is 3.66. The summed E-state index contributed by atoms with van der Waals surface area (Å²) in [5.74, 6) is -0.656. The van der Waals surface area contributed by atoms with Crippen molar-refractivity contribution in [1.29, 1.82) is 0 Å². The molecule has 10 atom stereocenters. The maximum atomic E-state index is 12.9. The molecule has 3 unspecified atom stereocenters. The number of nitrogen functional groups attached to an aromatic ring is 1. The number of unbranched alkanes of at least 4 members (excludes halogenated alkanes) is 14. The first-order chi connectivity index (χ1) is 36.9. The van der Waals surface area contributed by atoms with E-state index in [4.69, 9.17) is 29.0 Å². The Morgan fingerprint density at radius 2 is 1.35 bits per heavy atom. The summed E-state index contributed by atoms with van der Waals surface area (Å²) in [5, 5.41) is 41.1. The summed E-state index contributed by atoms with van der Waals surface area (Å²) in [6.07, 6.45) is 34.7. The van der Waals surface area contributed by atoms with Crippen LogP contribution >= 0.6 is 15.6 Å². The molecule has 0 radical (unpaired) electrons. The summed E-state index contributed by atoms with van der Waals surface area (Å²) in [5.41, 5.74) is 4.57. The van der Waals surface area contributed by atoms with Gasteiger partial charge in [0.15, 0.2) is 12.3 Å². The Balaban J connectivity index is 1.84. The van der Waals surface area contributed by atoms with E-state index >= 15 is 0 Å². The molecule has 1 aliphatic heterocycles. The lowest BCUT2D eigenvalue weighted by Crippen LogP contribution is -2.36. The standard InChI is InChI=1S/C55H91N3O17P2/c1-4-6-25-33-45(59)34-27-21-17-15-18-22-28-35-46(60)36-29-24-31-38-51(62)73-47(41-70-50(61)37-30-23-19-14-12-10-8-7-9-11-13-16-20-26-32-44(3)5-2)42-71-76(66,67)75-77(68,69)72-43-48-52(63)53(64)54(74-48)58-40-39-49(56)57-55(58)65/h6,17-18,21-22,25,27-29,34-36,39-40,44-48,52-54,59-60,63-64H,4-5,7-16,19-20,23-24,26,30-33,37-38,41-43H2,1-3H3,(H,66,67)(H,68,69)(H2,56,57,65)/b21-17-,22-18-,25-6-,34-27+,35-28+,36-29-/t44?,45-,46-,47+,48+,52+,53+,54+/m0/s1. The number of allylic oxidation sites excluding steroid dienone is 8. The van der Waals surface area contributed by atoms with Crippen LogP contribution in [0.2, 0.25) is 0 Å². The number of anilines is 1. The molecule has 8 N–H and O–H groups in total. The van der Waals surface area contributed by atoms with Gasteiger partial charge in [0.05, 0.1) is 25.4 Å². The zero-order chi connectivity index (χ0) is 56.7.